The first-order valence-corrected chi connectivity index (χ1v) is 13.0. The van der Waals surface area contributed by atoms with E-state index in [2.05, 4.69) is 31.9 Å². The van der Waals surface area contributed by atoms with Gasteiger partial charge in [-0.05, 0) is 110 Å². The van der Waals surface area contributed by atoms with Crippen molar-refractivity contribution in [3.05, 3.63) is 102 Å². The Morgan fingerprint density at radius 3 is 1.85 bits per heavy atom. The smallest absolute Gasteiger partial charge is 0.338 e. The molecule has 0 unspecified atom stereocenters. The zero-order valence-electron chi connectivity index (χ0n) is 23.3. The molecule has 0 aliphatic heterocycles. The standard InChI is InChI=1S/C34H32O6/c1-8-32(35)40-31-13-12-27(26-10-9-11-28(26)31)30-15-21(6)29(14-22(30)7)23-16-24(38-33(36)19(2)3)18-25(17-23)39-34(37)20(4)5/h8,12-18H,1-2,4,9-11H2,3,5-7H3. The Labute approximate surface area is 234 Å². The maximum absolute atomic E-state index is 12.2. The number of benzene rings is 3. The Hall–Kier alpha value is -4.71. The lowest BCUT2D eigenvalue weighted by atomic mass is 9.89. The molecule has 4 rings (SSSR count). The summed E-state index contributed by atoms with van der Waals surface area (Å²) in [4.78, 5) is 36.3. The predicted molar refractivity (Wildman–Crippen MR) is 156 cm³/mol. The van der Waals surface area contributed by atoms with E-state index in [1.54, 1.807) is 26.0 Å². The quantitative estimate of drug-likeness (QED) is 0.172. The minimum absolute atomic E-state index is 0.235. The van der Waals surface area contributed by atoms with Crippen molar-refractivity contribution in [2.75, 3.05) is 0 Å². The van der Waals surface area contributed by atoms with Crippen LogP contribution in [0.25, 0.3) is 22.3 Å². The van der Waals surface area contributed by atoms with Crippen LogP contribution >= 0.6 is 0 Å². The molecule has 0 fully saturated rings. The van der Waals surface area contributed by atoms with Gasteiger partial charge in [-0.3, -0.25) is 0 Å². The molecular weight excluding hydrogens is 504 g/mol. The zero-order chi connectivity index (χ0) is 29.1. The second-order valence-corrected chi connectivity index (χ2v) is 10.1. The normalized spacial score (nSPS) is 11.8. The summed E-state index contributed by atoms with van der Waals surface area (Å²) in [5.41, 5.74) is 8.58. The molecule has 0 radical (unpaired) electrons. The van der Waals surface area contributed by atoms with Gasteiger partial charge in [0.2, 0.25) is 0 Å². The second-order valence-electron chi connectivity index (χ2n) is 10.1. The van der Waals surface area contributed by atoms with Gasteiger partial charge in [0, 0.05) is 23.3 Å². The fourth-order valence-electron chi connectivity index (χ4n) is 4.82. The number of carbonyl (C=O) groups is 3. The van der Waals surface area contributed by atoms with E-state index in [9.17, 15) is 14.4 Å². The highest BCUT2D eigenvalue weighted by Gasteiger charge is 2.23. The van der Waals surface area contributed by atoms with Crippen LogP contribution in [-0.4, -0.2) is 17.9 Å². The fraction of sp³-hybridized carbons (Fsp3) is 0.206. The van der Waals surface area contributed by atoms with Gasteiger partial charge in [-0.15, -0.1) is 0 Å². The molecule has 0 bridgehead atoms. The molecule has 6 nitrogen and oxygen atoms in total. The number of aryl methyl sites for hydroxylation is 2. The van der Waals surface area contributed by atoms with E-state index >= 15 is 0 Å². The van der Waals surface area contributed by atoms with E-state index < -0.39 is 17.9 Å². The summed E-state index contributed by atoms with van der Waals surface area (Å²) in [5.74, 6) is -0.563. The highest BCUT2D eigenvalue weighted by atomic mass is 16.5. The van der Waals surface area contributed by atoms with Crippen molar-refractivity contribution in [3.8, 4) is 39.5 Å². The SMILES string of the molecule is C=CC(=O)Oc1ccc(-c2cc(C)c(-c3cc(OC(=O)C(=C)C)cc(OC(=O)C(=C)C)c3)cc2C)c2c1CCC2. The Kier molecular flexibility index (Phi) is 8.19. The predicted octanol–water partition coefficient (Wildman–Crippen LogP) is 7.18. The molecule has 0 amide bonds. The third-order valence-corrected chi connectivity index (χ3v) is 6.79. The Balaban J connectivity index is 1.78. The van der Waals surface area contributed by atoms with Crippen molar-refractivity contribution < 1.29 is 28.6 Å². The summed E-state index contributed by atoms with van der Waals surface area (Å²) >= 11 is 0. The molecule has 3 aromatic carbocycles. The Bertz CT molecular complexity index is 1540. The van der Waals surface area contributed by atoms with E-state index in [4.69, 9.17) is 14.2 Å². The van der Waals surface area contributed by atoms with Crippen LogP contribution in [-0.2, 0) is 27.2 Å². The molecule has 0 spiro atoms. The molecule has 0 atom stereocenters. The van der Waals surface area contributed by atoms with Crippen molar-refractivity contribution in [2.24, 2.45) is 0 Å². The Morgan fingerprint density at radius 2 is 1.27 bits per heavy atom. The third-order valence-electron chi connectivity index (χ3n) is 6.79. The molecule has 6 heteroatoms. The summed E-state index contributed by atoms with van der Waals surface area (Å²) in [7, 11) is 0. The van der Waals surface area contributed by atoms with Crippen LogP contribution in [0.1, 0.15) is 42.5 Å². The zero-order valence-corrected chi connectivity index (χ0v) is 23.3. The summed E-state index contributed by atoms with van der Waals surface area (Å²) in [6.45, 7) is 17.9. The molecule has 0 aromatic heterocycles. The fourth-order valence-corrected chi connectivity index (χ4v) is 4.82. The van der Waals surface area contributed by atoms with Crippen LogP contribution in [0.2, 0.25) is 0 Å². The molecular formula is C34H32O6. The number of hydrogen-bond donors (Lipinski definition) is 0. The molecule has 0 saturated heterocycles. The summed E-state index contributed by atoms with van der Waals surface area (Å²) in [5, 5.41) is 0. The molecule has 204 valence electrons. The number of fused-ring (bicyclic) bond motifs is 1. The number of rotatable bonds is 8. The lowest BCUT2D eigenvalue weighted by Gasteiger charge is -2.18. The number of ether oxygens (including phenoxy) is 3. The van der Waals surface area contributed by atoms with Gasteiger partial charge in [-0.2, -0.15) is 0 Å². The van der Waals surface area contributed by atoms with Crippen molar-refractivity contribution in [2.45, 2.75) is 47.0 Å². The van der Waals surface area contributed by atoms with Crippen LogP contribution in [0.15, 0.2) is 79.4 Å². The molecule has 0 saturated carbocycles. The molecule has 1 aliphatic carbocycles. The van der Waals surface area contributed by atoms with E-state index in [0.717, 1.165) is 58.2 Å². The highest BCUT2D eigenvalue weighted by Crippen LogP contribution is 2.41. The molecule has 0 heterocycles. The van der Waals surface area contributed by atoms with E-state index in [1.165, 1.54) is 17.7 Å². The topological polar surface area (TPSA) is 78.9 Å². The summed E-state index contributed by atoms with van der Waals surface area (Å²) in [6, 6.07) is 13.0. The lowest BCUT2D eigenvalue weighted by molar-refractivity contribution is -0.130. The number of hydrogen-bond acceptors (Lipinski definition) is 6. The van der Waals surface area contributed by atoms with Gasteiger partial charge in [0.15, 0.2) is 0 Å². The van der Waals surface area contributed by atoms with Gasteiger partial charge >= 0.3 is 17.9 Å². The minimum atomic E-state index is -0.575. The van der Waals surface area contributed by atoms with Gasteiger partial charge in [-0.1, -0.05) is 37.9 Å². The molecule has 40 heavy (non-hydrogen) atoms. The van der Waals surface area contributed by atoms with Crippen LogP contribution in [0.5, 0.6) is 17.2 Å². The minimum Gasteiger partial charge on any atom is -0.423 e. The van der Waals surface area contributed by atoms with Crippen LogP contribution in [0.3, 0.4) is 0 Å². The molecule has 1 aliphatic rings. The highest BCUT2D eigenvalue weighted by molar-refractivity contribution is 5.91. The summed E-state index contributed by atoms with van der Waals surface area (Å²) < 4.78 is 16.5. The first kappa shape index (κ1) is 28.3. The lowest BCUT2D eigenvalue weighted by Crippen LogP contribution is -2.10. The Morgan fingerprint density at radius 1 is 0.725 bits per heavy atom. The first-order valence-electron chi connectivity index (χ1n) is 13.0. The first-order chi connectivity index (χ1) is 19.0. The summed E-state index contributed by atoms with van der Waals surface area (Å²) in [6.07, 6.45) is 3.90. The van der Waals surface area contributed by atoms with Crippen LogP contribution < -0.4 is 14.2 Å². The van der Waals surface area contributed by atoms with Crippen LogP contribution in [0.4, 0.5) is 0 Å². The van der Waals surface area contributed by atoms with E-state index in [0.29, 0.717) is 5.75 Å². The average molecular weight is 537 g/mol. The van der Waals surface area contributed by atoms with Gasteiger partial charge in [0.1, 0.15) is 17.2 Å². The van der Waals surface area contributed by atoms with Crippen molar-refractivity contribution >= 4 is 17.9 Å². The second kappa shape index (κ2) is 11.6. The molecule has 3 aromatic rings. The van der Waals surface area contributed by atoms with Gasteiger partial charge < -0.3 is 14.2 Å². The number of esters is 3. The van der Waals surface area contributed by atoms with Crippen molar-refractivity contribution in [1.29, 1.82) is 0 Å². The van der Waals surface area contributed by atoms with E-state index in [1.807, 2.05) is 26.0 Å². The van der Waals surface area contributed by atoms with Crippen molar-refractivity contribution in [1.82, 2.24) is 0 Å². The average Bonchev–Trinajstić information content (AvgIpc) is 3.40. The third kappa shape index (κ3) is 5.96. The van der Waals surface area contributed by atoms with Gasteiger partial charge in [0.25, 0.3) is 0 Å². The van der Waals surface area contributed by atoms with Crippen LogP contribution in [0, 0.1) is 13.8 Å². The number of carbonyl (C=O) groups excluding carboxylic acids is 3. The maximum Gasteiger partial charge on any atom is 0.338 e. The van der Waals surface area contributed by atoms with Gasteiger partial charge in [0.05, 0.1) is 0 Å². The maximum atomic E-state index is 12.2. The van der Waals surface area contributed by atoms with E-state index in [-0.39, 0.29) is 22.6 Å². The van der Waals surface area contributed by atoms with Crippen molar-refractivity contribution in [3.63, 3.8) is 0 Å². The van der Waals surface area contributed by atoms with Gasteiger partial charge in [-0.25, -0.2) is 14.4 Å². The largest absolute Gasteiger partial charge is 0.423 e. The molecule has 0 N–H and O–H groups in total. The monoisotopic (exact) mass is 536 g/mol.